The third-order valence-electron chi connectivity index (χ3n) is 4.58. The van der Waals surface area contributed by atoms with Gasteiger partial charge in [-0.15, -0.1) is 5.10 Å². The number of carbonyl (C=O) groups is 1. The van der Waals surface area contributed by atoms with Crippen molar-refractivity contribution in [3.05, 3.63) is 34.6 Å². The minimum Gasteiger partial charge on any atom is -0.353 e. The van der Waals surface area contributed by atoms with E-state index in [1.165, 1.54) is 19.3 Å². The number of amides is 1. The molecule has 24 heavy (non-hydrogen) atoms. The number of aromatic nitrogens is 3. The Morgan fingerprint density at radius 2 is 2.17 bits per heavy atom. The van der Waals surface area contributed by atoms with Crippen molar-refractivity contribution in [3.8, 4) is 0 Å². The maximum Gasteiger partial charge on any atom is 0.278 e. The summed E-state index contributed by atoms with van der Waals surface area (Å²) in [6.45, 7) is 4.63. The highest BCUT2D eigenvalue weighted by molar-refractivity contribution is 5.78. The molecule has 1 aromatic carbocycles. The molecule has 128 valence electrons. The number of nitrogens with one attached hydrogen (secondary N) is 1. The molecule has 3 rings (SSSR count). The normalized spacial score (nSPS) is 18.6. The van der Waals surface area contributed by atoms with E-state index in [0.717, 1.165) is 17.8 Å². The molecule has 2 heterocycles. The van der Waals surface area contributed by atoms with Gasteiger partial charge >= 0.3 is 0 Å². The van der Waals surface area contributed by atoms with Crippen molar-refractivity contribution >= 4 is 16.8 Å². The molecule has 1 saturated heterocycles. The number of fused-ring (bicyclic) bond motifs is 1. The van der Waals surface area contributed by atoms with Crippen LogP contribution in [0.1, 0.15) is 26.2 Å². The molecule has 1 fully saturated rings. The molecule has 7 heteroatoms. The van der Waals surface area contributed by atoms with Crippen LogP contribution in [-0.4, -0.2) is 51.5 Å². The van der Waals surface area contributed by atoms with E-state index in [9.17, 15) is 9.59 Å². The zero-order valence-corrected chi connectivity index (χ0v) is 13.9. The van der Waals surface area contributed by atoms with Crippen molar-refractivity contribution in [2.45, 2.75) is 38.8 Å². The SMILES string of the molecule is C[C@@H]1CCCCN1CCNC(=O)Cn1nnc2ccccc2c1=O. The highest BCUT2D eigenvalue weighted by atomic mass is 16.2. The first-order valence-corrected chi connectivity index (χ1v) is 8.48. The molecule has 0 unspecified atom stereocenters. The number of nitrogens with zero attached hydrogens (tertiary/aromatic N) is 4. The number of hydrogen-bond acceptors (Lipinski definition) is 5. The minimum atomic E-state index is -0.291. The monoisotopic (exact) mass is 329 g/mol. The van der Waals surface area contributed by atoms with Crippen LogP contribution >= 0.6 is 0 Å². The maximum atomic E-state index is 12.3. The van der Waals surface area contributed by atoms with Crippen LogP contribution in [0.2, 0.25) is 0 Å². The van der Waals surface area contributed by atoms with Crippen LogP contribution in [0.4, 0.5) is 0 Å². The summed E-state index contributed by atoms with van der Waals surface area (Å²) in [6.07, 6.45) is 3.73. The van der Waals surface area contributed by atoms with Crippen LogP contribution < -0.4 is 10.9 Å². The second kappa shape index (κ2) is 7.53. The van der Waals surface area contributed by atoms with Crippen LogP contribution in [0.25, 0.3) is 10.9 Å². The standard InChI is InChI=1S/C17H23N5O2/c1-13-6-4-5-10-21(13)11-9-18-16(23)12-22-17(24)14-7-2-3-8-15(14)19-20-22/h2-3,7-8,13H,4-6,9-12H2,1H3,(H,18,23)/t13-/m1/s1. The molecule has 2 aromatic rings. The van der Waals surface area contributed by atoms with Crippen molar-refractivity contribution in [1.82, 2.24) is 25.2 Å². The summed E-state index contributed by atoms with van der Waals surface area (Å²) < 4.78 is 1.11. The molecule has 0 aliphatic carbocycles. The summed E-state index contributed by atoms with van der Waals surface area (Å²) in [5.41, 5.74) is 0.249. The molecule has 1 aliphatic rings. The lowest BCUT2D eigenvalue weighted by atomic mass is 10.0. The summed E-state index contributed by atoms with van der Waals surface area (Å²) in [6, 6.07) is 7.57. The molecule has 0 spiro atoms. The Morgan fingerprint density at radius 3 is 3.00 bits per heavy atom. The molecular formula is C17H23N5O2. The fourth-order valence-corrected chi connectivity index (χ4v) is 3.15. The van der Waals surface area contributed by atoms with Crippen LogP contribution in [-0.2, 0) is 11.3 Å². The maximum absolute atomic E-state index is 12.3. The van der Waals surface area contributed by atoms with Gasteiger partial charge in [-0.1, -0.05) is 23.8 Å². The molecule has 1 amide bonds. The van der Waals surface area contributed by atoms with E-state index >= 15 is 0 Å². The van der Waals surface area contributed by atoms with E-state index in [1.54, 1.807) is 24.3 Å². The molecule has 1 aromatic heterocycles. The Bertz CT molecular complexity index is 773. The van der Waals surface area contributed by atoms with E-state index in [1.807, 2.05) is 0 Å². The average molecular weight is 329 g/mol. The first-order chi connectivity index (χ1) is 11.6. The Kier molecular flexibility index (Phi) is 5.20. The Hall–Kier alpha value is -2.28. The smallest absolute Gasteiger partial charge is 0.278 e. The average Bonchev–Trinajstić information content (AvgIpc) is 2.59. The third kappa shape index (κ3) is 3.79. The van der Waals surface area contributed by atoms with Gasteiger partial charge in [-0.3, -0.25) is 14.5 Å². The van der Waals surface area contributed by atoms with Crippen LogP contribution in [0.3, 0.4) is 0 Å². The number of benzene rings is 1. The van der Waals surface area contributed by atoms with E-state index in [2.05, 4.69) is 27.5 Å². The zero-order chi connectivity index (χ0) is 16.9. The van der Waals surface area contributed by atoms with Crippen molar-refractivity contribution in [1.29, 1.82) is 0 Å². The number of rotatable bonds is 5. The van der Waals surface area contributed by atoms with Crippen LogP contribution in [0.5, 0.6) is 0 Å². The summed E-state index contributed by atoms with van der Waals surface area (Å²) in [5, 5.41) is 11.2. The van der Waals surface area contributed by atoms with Crippen molar-refractivity contribution in [3.63, 3.8) is 0 Å². The topological polar surface area (TPSA) is 80.1 Å². The molecular weight excluding hydrogens is 306 g/mol. The second-order valence-electron chi connectivity index (χ2n) is 6.30. The van der Waals surface area contributed by atoms with Crippen molar-refractivity contribution in [2.24, 2.45) is 0 Å². The van der Waals surface area contributed by atoms with Crippen LogP contribution in [0, 0.1) is 0 Å². The Labute approximate surface area is 140 Å². The molecule has 0 bridgehead atoms. The highest BCUT2D eigenvalue weighted by Gasteiger charge is 2.17. The van der Waals surface area contributed by atoms with Gasteiger partial charge < -0.3 is 5.32 Å². The minimum absolute atomic E-state index is 0.105. The lowest BCUT2D eigenvalue weighted by molar-refractivity contribution is -0.122. The van der Waals surface area contributed by atoms with E-state index in [0.29, 0.717) is 23.5 Å². The van der Waals surface area contributed by atoms with E-state index < -0.39 is 0 Å². The number of likely N-dealkylation sites (tertiary alicyclic amines) is 1. The molecule has 1 aliphatic heterocycles. The largest absolute Gasteiger partial charge is 0.353 e. The van der Waals surface area contributed by atoms with Gasteiger partial charge in [0, 0.05) is 19.1 Å². The zero-order valence-electron chi connectivity index (χ0n) is 13.9. The first-order valence-electron chi connectivity index (χ1n) is 8.48. The lowest BCUT2D eigenvalue weighted by Crippen LogP contribution is -2.43. The molecule has 1 N–H and O–H groups in total. The molecule has 7 nitrogen and oxygen atoms in total. The fourth-order valence-electron chi connectivity index (χ4n) is 3.15. The molecule has 1 atom stereocenters. The van der Waals surface area contributed by atoms with Gasteiger partial charge in [0.1, 0.15) is 12.1 Å². The summed E-state index contributed by atoms with van der Waals surface area (Å²) in [5.74, 6) is -0.216. The third-order valence-corrected chi connectivity index (χ3v) is 4.58. The first kappa shape index (κ1) is 16.6. The van der Waals surface area contributed by atoms with Gasteiger partial charge in [0.15, 0.2) is 0 Å². The van der Waals surface area contributed by atoms with Crippen molar-refractivity contribution < 1.29 is 4.79 Å². The van der Waals surface area contributed by atoms with Gasteiger partial charge in [0.05, 0.1) is 5.39 Å². The number of piperidine rings is 1. The quantitative estimate of drug-likeness (QED) is 0.877. The fraction of sp³-hybridized carbons (Fsp3) is 0.529. The lowest BCUT2D eigenvalue weighted by Gasteiger charge is -2.33. The number of hydrogen-bond donors (Lipinski definition) is 1. The Morgan fingerprint density at radius 1 is 1.33 bits per heavy atom. The van der Waals surface area contributed by atoms with E-state index in [4.69, 9.17) is 0 Å². The van der Waals surface area contributed by atoms with Gasteiger partial charge in [-0.25, -0.2) is 4.68 Å². The van der Waals surface area contributed by atoms with Gasteiger partial charge in [0.25, 0.3) is 5.56 Å². The Balaban J connectivity index is 1.55. The molecule has 0 radical (unpaired) electrons. The van der Waals surface area contributed by atoms with Crippen molar-refractivity contribution in [2.75, 3.05) is 19.6 Å². The van der Waals surface area contributed by atoms with Gasteiger partial charge in [-0.2, -0.15) is 0 Å². The van der Waals surface area contributed by atoms with Crippen LogP contribution in [0.15, 0.2) is 29.1 Å². The summed E-state index contributed by atoms with van der Waals surface area (Å²) >= 11 is 0. The predicted octanol–water partition coefficient (Wildman–Crippen LogP) is 0.782. The van der Waals surface area contributed by atoms with E-state index in [-0.39, 0.29) is 18.0 Å². The number of carbonyl (C=O) groups excluding carboxylic acids is 1. The predicted molar refractivity (Wildman–Crippen MR) is 91.7 cm³/mol. The second-order valence-corrected chi connectivity index (χ2v) is 6.30. The summed E-state index contributed by atoms with van der Waals surface area (Å²) in [4.78, 5) is 26.8. The van der Waals surface area contributed by atoms with Gasteiger partial charge in [0.2, 0.25) is 5.91 Å². The molecule has 0 saturated carbocycles. The van der Waals surface area contributed by atoms with Gasteiger partial charge in [-0.05, 0) is 38.4 Å². The highest BCUT2D eigenvalue weighted by Crippen LogP contribution is 2.15. The summed E-state index contributed by atoms with van der Waals surface area (Å²) in [7, 11) is 0.